The summed E-state index contributed by atoms with van der Waals surface area (Å²) in [4.78, 5) is 26.6. The van der Waals surface area contributed by atoms with Crippen LogP contribution in [-0.2, 0) is 22.8 Å². The Bertz CT molecular complexity index is 1610. The molecule has 0 amide bonds. The molecule has 1 aliphatic carbocycles. The third-order valence-corrected chi connectivity index (χ3v) is 7.40. The van der Waals surface area contributed by atoms with Gasteiger partial charge in [0.1, 0.15) is 19.2 Å². The van der Waals surface area contributed by atoms with Crippen molar-refractivity contribution >= 4 is 29.1 Å². The van der Waals surface area contributed by atoms with Crippen molar-refractivity contribution in [2.75, 3.05) is 13.8 Å². The maximum atomic E-state index is 13.5. The number of aliphatic hydroxyl groups excluding tert-OH is 1. The van der Waals surface area contributed by atoms with Crippen LogP contribution in [0.2, 0.25) is 10.0 Å². The van der Waals surface area contributed by atoms with E-state index in [1.807, 2.05) is 44.2 Å². The van der Waals surface area contributed by atoms with E-state index >= 15 is 0 Å². The summed E-state index contributed by atoms with van der Waals surface area (Å²) in [5, 5.41) is 20.8. The lowest BCUT2D eigenvalue weighted by Crippen LogP contribution is -2.43. The average Bonchev–Trinajstić information content (AvgIpc) is 3.80. The first kappa shape index (κ1) is 30.0. The molecule has 0 bridgehead atoms. The van der Waals surface area contributed by atoms with E-state index in [1.54, 1.807) is 6.08 Å². The van der Waals surface area contributed by atoms with E-state index in [-0.39, 0.29) is 65.0 Å². The van der Waals surface area contributed by atoms with E-state index in [0.717, 1.165) is 27.7 Å². The van der Waals surface area contributed by atoms with Crippen LogP contribution in [0.25, 0.3) is 5.69 Å². The Hall–Kier alpha value is -3.48. The molecule has 2 heterocycles. The van der Waals surface area contributed by atoms with Crippen LogP contribution in [0.4, 0.5) is 0 Å². The van der Waals surface area contributed by atoms with Crippen molar-refractivity contribution in [3.63, 3.8) is 0 Å². The molecule has 1 aromatic heterocycles. The van der Waals surface area contributed by atoms with E-state index in [0.29, 0.717) is 5.57 Å². The number of ether oxygens (including phenoxy) is 3. The fourth-order valence-corrected chi connectivity index (χ4v) is 5.03. The highest BCUT2D eigenvalue weighted by atomic mass is 35.5. The number of nitrogens with zero attached hydrogens (tertiary/aromatic N) is 5. The third-order valence-electron chi connectivity index (χ3n) is 6.84. The molecule has 222 valence electrons. The molecule has 1 unspecified atom stereocenters. The van der Waals surface area contributed by atoms with Gasteiger partial charge in [-0.3, -0.25) is 4.79 Å². The Kier molecular flexibility index (Phi) is 9.14. The summed E-state index contributed by atoms with van der Waals surface area (Å²) < 4.78 is 19.0. The lowest BCUT2D eigenvalue weighted by atomic mass is 10.0. The largest absolute Gasteiger partial charge is 0.434 e. The van der Waals surface area contributed by atoms with E-state index in [9.17, 15) is 14.7 Å². The van der Waals surface area contributed by atoms with Gasteiger partial charge >= 0.3 is 5.69 Å². The van der Waals surface area contributed by atoms with Crippen molar-refractivity contribution in [1.29, 1.82) is 0 Å². The second-order valence-corrected chi connectivity index (χ2v) is 11.2. The second kappa shape index (κ2) is 12.8. The van der Waals surface area contributed by atoms with Crippen molar-refractivity contribution in [1.82, 2.24) is 19.4 Å². The van der Waals surface area contributed by atoms with E-state index in [2.05, 4.69) is 10.2 Å². The van der Waals surface area contributed by atoms with Gasteiger partial charge in [0.2, 0.25) is 5.90 Å². The van der Waals surface area contributed by atoms with Gasteiger partial charge in [0.15, 0.2) is 12.0 Å². The molecule has 1 atom stereocenters. The average molecular weight is 617 g/mol. The van der Waals surface area contributed by atoms with Crippen molar-refractivity contribution in [3.05, 3.63) is 96.3 Å². The van der Waals surface area contributed by atoms with Gasteiger partial charge < -0.3 is 19.3 Å². The Morgan fingerprint density at radius 1 is 1.07 bits per heavy atom. The number of methoxy groups -OCH3 is 1. The Balaban J connectivity index is 1.46. The minimum absolute atomic E-state index is 0.00672. The maximum absolute atomic E-state index is 13.5. The fourth-order valence-electron chi connectivity index (χ4n) is 4.47. The summed E-state index contributed by atoms with van der Waals surface area (Å²) in [5.74, 6) is 0.208. The molecule has 0 spiro atoms. The van der Waals surface area contributed by atoms with Crippen LogP contribution in [0.15, 0.2) is 68.8 Å². The van der Waals surface area contributed by atoms with Crippen molar-refractivity contribution in [2.45, 2.75) is 52.2 Å². The highest BCUT2D eigenvalue weighted by molar-refractivity contribution is 6.37. The molecular weight excluding hydrogens is 585 g/mol. The number of aliphatic hydroxyl groups is 1. The molecule has 1 aliphatic heterocycles. The molecule has 3 aromatic rings. The fraction of sp³-hybridized carbons (Fsp3) is 0.379. The molecule has 0 radical (unpaired) electrons. The summed E-state index contributed by atoms with van der Waals surface area (Å²) in [5.41, 5.74) is 0.945. The van der Waals surface area contributed by atoms with Crippen LogP contribution < -0.4 is 16.0 Å². The minimum atomic E-state index is -0.975. The highest BCUT2D eigenvalue weighted by Gasteiger charge is 2.31. The molecular formula is C29H31Cl2N5O6. The molecule has 2 aliphatic rings. The first-order chi connectivity index (χ1) is 20.2. The molecule has 1 saturated carbocycles. The van der Waals surface area contributed by atoms with Crippen LogP contribution >= 0.6 is 23.2 Å². The number of aromatic nitrogens is 3. The summed E-state index contributed by atoms with van der Waals surface area (Å²) in [7, 11) is 1.49. The summed E-state index contributed by atoms with van der Waals surface area (Å²) in [6.45, 7) is 3.88. The standard InChI is InChI=1S/C29H31Cl2N5O6/c1-17(2)21-13-24(32-35(16-40-3)27(21)37)42-26-22(30)11-20(12-23(26)31)36-29(39)34(28(38)25(33-36)19-9-10-19)15-41-14-18-7-5-4-6-8-18/h4-8,11-13,17,19,27,37H,9-10,14-16H2,1-3H3. The molecule has 0 saturated heterocycles. The third kappa shape index (κ3) is 6.45. The van der Waals surface area contributed by atoms with Gasteiger partial charge in [-0.25, -0.2) is 14.4 Å². The van der Waals surface area contributed by atoms with Gasteiger partial charge in [0.05, 0.1) is 22.3 Å². The van der Waals surface area contributed by atoms with Gasteiger partial charge in [-0.15, -0.1) is 5.10 Å². The van der Waals surface area contributed by atoms with Gasteiger partial charge in [-0.1, -0.05) is 67.4 Å². The molecule has 42 heavy (non-hydrogen) atoms. The number of hydrogen-bond acceptors (Lipinski definition) is 9. The predicted octanol–water partition coefficient (Wildman–Crippen LogP) is 4.27. The normalized spacial score (nSPS) is 16.9. The summed E-state index contributed by atoms with van der Waals surface area (Å²) >= 11 is 13.2. The molecule has 1 fully saturated rings. The molecule has 1 N–H and O–H groups in total. The second-order valence-electron chi connectivity index (χ2n) is 10.4. The lowest BCUT2D eigenvalue weighted by molar-refractivity contribution is -0.0453. The Morgan fingerprint density at radius 2 is 1.76 bits per heavy atom. The molecule has 5 rings (SSSR count). The van der Waals surface area contributed by atoms with E-state index < -0.39 is 17.5 Å². The zero-order valence-corrected chi connectivity index (χ0v) is 24.9. The van der Waals surface area contributed by atoms with Crippen molar-refractivity contribution < 1.29 is 19.3 Å². The lowest BCUT2D eigenvalue weighted by Gasteiger charge is -2.31. The topological polar surface area (TPSA) is 120 Å². The SMILES string of the molecule is COCN1N=C(Oc2c(Cl)cc(-n3nc(C4CC4)c(=O)n(COCc4ccccc4)c3=O)cc2Cl)C=C(C(C)C)C1O. The zero-order valence-electron chi connectivity index (χ0n) is 23.4. The highest BCUT2D eigenvalue weighted by Crippen LogP contribution is 2.38. The van der Waals surface area contributed by atoms with Gasteiger partial charge in [-0.05, 0) is 42.0 Å². The van der Waals surface area contributed by atoms with Crippen LogP contribution in [0.3, 0.4) is 0 Å². The van der Waals surface area contributed by atoms with E-state index in [1.165, 1.54) is 24.3 Å². The minimum Gasteiger partial charge on any atom is -0.434 e. The van der Waals surface area contributed by atoms with Gasteiger partial charge in [0, 0.05) is 19.1 Å². The maximum Gasteiger partial charge on any atom is 0.354 e. The van der Waals surface area contributed by atoms with Crippen molar-refractivity contribution in [2.24, 2.45) is 11.0 Å². The number of hydrogen-bond donors (Lipinski definition) is 1. The van der Waals surface area contributed by atoms with Crippen molar-refractivity contribution in [3.8, 4) is 11.4 Å². The van der Waals surface area contributed by atoms with Crippen LogP contribution in [0, 0.1) is 5.92 Å². The van der Waals surface area contributed by atoms with E-state index in [4.69, 9.17) is 37.4 Å². The Morgan fingerprint density at radius 3 is 2.38 bits per heavy atom. The first-order valence-corrected chi connectivity index (χ1v) is 14.2. The number of halogens is 2. The summed E-state index contributed by atoms with van der Waals surface area (Å²) in [6, 6.07) is 12.4. The molecule has 2 aromatic carbocycles. The number of benzene rings is 2. The zero-order chi connectivity index (χ0) is 30.0. The number of hydrazone groups is 1. The van der Waals surface area contributed by atoms with Crippen LogP contribution in [-0.4, -0.2) is 50.4 Å². The number of rotatable bonds is 10. The molecule has 13 heteroatoms. The molecule has 11 nitrogen and oxygen atoms in total. The predicted molar refractivity (Wildman–Crippen MR) is 158 cm³/mol. The smallest absolute Gasteiger partial charge is 0.354 e. The summed E-state index contributed by atoms with van der Waals surface area (Å²) in [6.07, 6.45) is 2.27. The van der Waals surface area contributed by atoms with Gasteiger partial charge in [-0.2, -0.15) is 9.78 Å². The quantitative estimate of drug-likeness (QED) is 0.359. The van der Waals surface area contributed by atoms with Crippen LogP contribution in [0.1, 0.15) is 43.9 Å². The Labute approximate surface area is 252 Å². The van der Waals surface area contributed by atoms with Crippen LogP contribution in [0.5, 0.6) is 5.75 Å². The van der Waals surface area contributed by atoms with Gasteiger partial charge in [0.25, 0.3) is 5.56 Å². The first-order valence-electron chi connectivity index (χ1n) is 13.4. The monoisotopic (exact) mass is 615 g/mol.